The first-order valence-corrected chi connectivity index (χ1v) is 6.70. The van der Waals surface area contributed by atoms with Gasteiger partial charge in [0.25, 0.3) is 0 Å². The third kappa shape index (κ3) is 5.31. The normalized spacial score (nSPS) is 22.3. The van der Waals surface area contributed by atoms with Gasteiger partial charge in [0.05, 0.1) is 0 Å². The van der Waals surface area contributed by atoms with Gasteiger partial charge in [-0.25, -0.2) is 0 Å². The summed E-state index contributed by atoms with van der Waals surface area (Å²) in [5.41, 5.74) is 0.713. The van der Waals surface area contributed by atoms with Gasteiger partial charge in [-0.05, 0) is 44.8 Å². The van der Waals surface area contributed by atoms with Gasteiger partial charge in [-0.3, -0.25) is 0 Å². The highest BCUT2D eigenvalue weighted by Gasteiger charge is 2.37. The van der Waals surface area contributed by atoms with Crippen LogP contribution in [0.2, 0.25) is 0 Å². The van der Waals surface area contributed by atoms with E-state index in [-0.39, 0.29) is 7.43 Å². The zero-order chi connectivity index (χ0) is 11.7. The van der Waals surface area contributed by atoms with Crippen LogP contribution in [0, 0.1) is 5.41 Å². The molecule has 2 rings (SSSR count). The van der Waals surface area contributed by atoms with Crippen LogP contribution in [0.15, 0.2) is 0 Å². The molecule has 0 aromatic heterocycles. The Kier molecular flexibility index (Phi) is 11.5. The Morgan fingerprint density at radius 2 is 1.50 bits per heavy atom. The van der Waals surface area contributed by atoms with Crippen LogP contribution in [0.1, 0.15) is 54.4 Å². The van der Waals surface area contributed by atoms with Gasteiger partial charge in [0, 0.05) is 13.1 Å². The maximum absolute atomic E-state index is 3.40. The third-order valence-corrected chi connectivity index (χ3v) is 3.27. The number of nitrogens with zero attached hydrogens (tertiary/aromatic N) is 1. The lowest BCUT2D eigenvalue weighted by atomic mass is 9.75. The highest BCUT2D eigenvalue weighted by atomic mass is 15.1. The highest BCUT2D eigenvalue weighted by Crippen LogP contribution is 2.34. The minimum absolute atomic E-state index is 0. The Morgan fingerprint density at radius 1 is 0.938 bits per heavy atom. The first-order chi connectivity index (χ1) is 7.31. The molecule has 2 fully saturated rings. The van der Waals surface area contributed by atoms with Crippen LogP contribution in [-0.2, 0) is 0 Å². The summed E-state index contributed by atoms with van der Waals surface area (Å²) in [6.45, 7) is 13.2. The SMILES string of the molecule is C.CC.CC.CN1CCCC2(CC1)CNC2. The molecule has 1 N–H and O–H groups in total. The summed E-state index contributed by atoms with van der Waals surface area (Å²) >= 11 is 0. The summed E-state index contributed by atoms with van der Waals surface area (Å²) < 4.78 is 0. The number of hydrogen-bond donors (Lipinski definition) is 1. The van der Waals surface area contributed by atoms with Crippen LogP contribution in [-0.4, -0.2) is 38.1 Å². The minimum Gasteiger partial charge on any atom is -0.316 e. The summed E-state index contributed by atoms with van der Waals surface area (Å²) in [6.07, 6.45) is 4.26. The smallest absolute Gasteiger partial charge is 0.00207 e. The van der Waals surface area contributed by atoms with Gasteiger partial charge in [0.1, 0.15) is 0 Å². The largest absolute Gasteiger partial charge is 0.316 e. The van der Waals surface area contributed by atoms with E-state index in [4.69, 9.17) is 0 Å². The Bertz CT molecular complexity index is 142. The molecule has 0 saturated carbocycles. The number of hydrogen-bond acceptors (Lipinski definition) is 2. The fourth-order valence-corrected chi connectivity index (χ4v) is 2.22. The molecule has 1 spiro atoms. The maximum Gasteiger partial charge on any atom is 0.00207 e. The number of nitrogens with one attached hydrogen (secondary N) is 1. The first-order valence-electron chi connectivity index (χ1n) is 6.70. The molecule has 0 atom stereocenters. The summed E-state index contributed by atoms with van der Waals surface area (Å²) in [4.78, 5) is 2.47. The van der Waals surface area contributed by atoms with E-state index in [1.54, 1.807) is 0 Å². The molecule has 0 radical (unpaired) electrons. The lowest BCUT2D eigenvalue weighted by molar-refractivity contribution is 0.142. The van der Waals surface area contributed by atoms with E-state index in [2.05, 4.69) is 17.3 Å². The third-order valence-electron chi connectivity index (χ3n) is 3.27. The number of rotatable bonds is 0. The van der Waals surface area contributed by atoms with E-state index in [0.717, 1.165) is 0 Å². The van der Waals surface area contributed by atoms with Crippen molar-refractivity contribution in [1.29, 1.82) is 0 Å². The van der Waals surface area contributed by atoms with E-state index in [1.807, 2.05) is 27.7 Å². The maximum atomic E-state index is 3.40. The topological polar surface area (TPSA) is 15.3 Å². The molecule has 2 heteroatoms. The second-order valence-electron chi connectivity index (χ2n) is 4.26. The molecule has 2 saturated heterocycles. The zero-order valence-electron chi connectivity index (χ0n) is 11.4. The Hall–Kier alpha value is -0.0800. The van der Waals surface area contributed by atoms with Crippen molar-refractivity contribution in [2.75, 3.05) is 33.2 Å². The summed E-state index contributed by atoms with van der Waals surface area (Å²) in [5.74, 6) is 0. The Labute approximate surface area is 104 Å². The molecular formula is C14H34N2. The molecule has 100 valence electrons. The lowest BCUT2D eigenvalue weighted by Gasteiger charge is -2.42. The van der Waals surface area contributed by atoms with E-state index >= 15 is 0 Å². The van der Waals surface area contributed by atoms with Crippen molar-refractivity contribution < 1.29 is 0 Å². The predicted molar refractivity (Wildman–Crippen MR) is 76.1 cm³/mol. The van der Waals surface area contributed by atoms with Crippen LogP contribution in [0.4, 0.5) is 0 Å². The van der Waals surface area contributed by atoms with Crippen molar-refractivity contribution in [3.63, 3.8) is 0 Å². The second kappa shape index (κ2) is 10.1. The molecule has 0 aromatic rings. The predicted octanol–water partition coefficient (Wildman–Crippen LogP) is 3.38. The van der Waals surface area contributed by atoms with Crippen molar-refractivity contribution in [3.05, 3.63) is 0 Å². The number of likely N-dealkylation sites (tertiary alicyclic amines) is 1. The molecule has 0 aromatic carbocycles. The molecule has 0 aliphatic carbocycles. The molecule has 2 aliphatic rings. The average molecular weight is 230 g/mol. The van der Waals surface area contributed by atoms with Crippen molar-refractivity contribution in [1.82, 2.24) is 10.2 Å². The van der Waals surface area contributed by atoms with E-state index in [1.165, 1.54) is 45.4 Å². The minimum atomic E-state index is 0. The molecule has 16 heavy (non-hydrogen) atoms. The van der Waals surface area contributed by atoms with Crippen LogP contribution in [0.25, 0.3) is 0 Å². The van der Waals surface area contributed by atoms with Gasteiger partial charge in [0.15, 0.2) is 0 Å². The van der Waals surface area contributed by atoms with Gasteiger partial charge >= 0.3 is 0 Å². The van der Waals surface area contributed by atoms with E-state index < -0.39 is 0 Å². The first kappa shape index (κ1) is 18.3. The molecule has 2 aliphatic heterocycles. The van der Waals surface area contributed by atoms with E-state index in [9.17, 15) is 0 Å². The van der Waals surface area contributed by atoms with Crippen LogP contribution < -0.4 is 5.32 Å². The second-order valence-corrected chi connectivity index (χ2v) is 4.26. The molecule has 0 bridgehead atoms. The molecule has 0 unspecified atom stereocenters. The van der Waals surface area contributed by atoms with Gasteiger partial charge in [-0.2, -0.15) is 0 Å². The van der Waals surface area contributed by atoms with E-state index in [0.29, 0.717) is 5.41 Å². The molecular weight excluding hydrogens is 196 g/mol. The molecule has 2 nitrogen and oxygen atoms in total. The monoisotopic (exact) mass is 230 g/mol. The van der Waals surface area contributed by atoms with Gasteiger partial charge in [-0.1, -0.05) is 35.1 Å². The van der Waals surface area contributed by atoms with Crippen molar-refractivity contribution >= 4 is 0 Å². The average Bonchev–Trinajstić information content (AvgIpc) is 2.45. The summed E-state index contributed by atoms with van der Waals surface area (Å²) in [7, 11) is 2.24. The fraction of sp³-hybridized carbons (Fsp3) is 1.00. The summed E-state index contributed by atoms with van der Waals surface area (Å²) in [5, 5.41) is 3.40. The van der Waals surface area contributed by atoms with Crippen molar-refractivity contribution in [2.45, 2.75) is 54.4 Å². The highest BCUT2D eigenvalue weighted by molar-refractivity contribution is 4.93. The Morgan fingerprint density at radius 3 is 1.94 bits per heavy atom. The Balaban J connectivity index is 0. The van der Waals surface area contributed by atoms with Gasteiger partial charge in [0.2, 0.25) is 0 Å². The van der Waals surface area contributed by atoms with Gasteiger partial charge in [-0.15, -0.1) is 0 Å². The van der Waals surface area contributed by atoms with Crippen LogP contribution in [0.5, 0.6) is 0 Å². The van der Waals surface area contributed by atoms with Crippen molar-refractivity contribution in [2.24, 2.45) is 5.41 Å². The quantitative estimate of drug-likeness (QED) is 0.686. The summed E-state index contributed by atoms with van der Waals surface area (Å²) in [6, 6.07) is 0. The standard InChI is InChI=1S/C9H18N2.2C2H6.CH4/c1-11-5-2-3-9(4-6-11)7-10-8-9;2*1-2;/h10H,2-8H2,1H3;2*1-2H3;1H4. The van der Waals surface area contributed by atoms with Crippen LogP contribution in [0.3, 0.4) is 0 Å². The molecule has 0 amide bonds. The van der Waals surface area contributed by atoms with Gasteiger partial charge < -0.3 is 10.2 Å². The molecule has 2 heterocycles. The van der Waals surface area contributed by atoms with Crippen LogP contribution >= 0.6 is 0 Å². The zero-order valence-corrected chi connectivity index (χ0v) is 11.4. The fourth-order valence-electron chi connectivity index (χ4n) is 2.22. The lowest BCUT2D eigenvalue weighted by Crippen LogP contribution is -2.53. The van der Waals surface area contributed by atoms with Crippen molar-refractivity contribution in [3.8, 4) is 0 Å².